The first-order valence-electron chi connectivity index (χ1n) is 8.92. The maximum absolute atomic E-state index is 12.6. The summed E-state index contributed by atoms with van der Waals surface area (Å²) in [5, 5.41) is 2.91. The summed E-state index contributed by atoms with van der Waals surface area (Å²) in [6.45, 7) is 2.31. The Kier molecular flexibility index (Phi) is 5.35. The van der Waals surface area contributed by atoms with Crippen molar-refractivity contribution in [1.82, 2.24) is 0 Å². The first kappa shape index (κ1) is 18.8. The van der Waals surface area contributed by atoms with Gasteiger partial charge in [0.05, 0.1) is 18.7 Å². The molecule has 0 aliphatic carbocycles. The van der Waals surface area contributed by atoms with Crippen LogP contribution < -0.4 is 19.9 Å². The molecule has 1 saturated heterocycles. The zero-order chi connectivity index (χ0) is 19.6. The molecule has 6 heteroatoms. The topological polar surface area (TPSA) is 61.9 Å². The minimum Gasteiger partial charge on any atom is -0.495 e. The van der Waals surface area contributed by atoms with Gasteiger partial charge in [0, 0.05) is 38.4 Å². The Morgan fingerprint density at radius 3 is 2.52 bits per heavy atom. The van der Waals surface area contributed by atoms with Crippen molar-refractivity contribution in [2.24, 2.45) is 5.92 Å². The lowest BCUT2D eigenvalue weighted by Crippen LogP contribution is -2.28. The van der Waals surface area contributed by atoms with E-state index in [1.165, 1.54) is 0 Å². The molecule has 0 saturated carbocycles. The van der Waals surface area contributed by atoms with Crippen molar-refractivity contribution in [1.29, 1.82) is 0 Å². The van der Waals surface area contributed by atoms with Gasteiger partial charge in [0.1, 0.15) is 5.75 Å². The molecule has 6 nitrogen and oxygen atoms in total. The van der Waals surface area contributed by atoms with Gasteiger partial charge in [0.2, 0.25) is 11.8 Å². The third-order valence-electron chi connectivity index (χ3n) is 4.77. The molecule has 0 bridgehead atoms. The normalized spacial score (nSPS) is 16.4. The molecule has 2 aromatic carbocycles. The van der Waals surface area contributed by atoms with Gasteiger partial charge >= 0.3 is 0 Å². The molecule has 1 unspecified atom stereocenters. The van der Waals surface area contributed by atoms with Crippen LogP contribution in [0.2, 0.25) is 0 Å². The van der Waals surface area contributed by atoms with E-state index in [0.29, 0.717) is 18.0 Å². The molecule has 1 N–H and O–H groups in total. The highest BCUT2D eigenvalue weighted by Crippen LogP contribution is 2.34. The van der Waals surface area contributed by atoms with Crippen molar-refractivity contribution in [3.63, 3.8) is 0 Å². The van der Waals surface area contributed by atoms with Gasteiger partial charge < -0.3 is 19.9 Å². The summed E-state index contributed by atoms with van der Waals surface area (Å²) in [7, 11) is 5.51. The second-order valence-corrected chi connectivity index (χ2v) is 7.01. The third-order valence-corrected chi connectivity index (χ3v) is 4.77. The van der Waals surface area contributed by atoms with Crippen LogP contribution in [0.15, 0.2) is 42.5 Å². The molecule has 0 radical (unpaired) electrons. The predicted octanol–water partition coefficient (Wildman–Crippen LogP) is 3.06. The largest absolute Gasteiger partial charge is 0.495 e. The van der Waals surface area contributed by atoms with Gasteiger partial charge in [0.15, 0.2) is 0 Å². The Morgan fingerprint density at radius 1 is 1.19 bits per heavy atom. The Morgan fingerprint density at radius 2 is 1.89 bits per heavy atom. The number of rotatable bonds is 5. The van der Waals surface area contributed by atoms with E-state index in [1.807, 2.05) is 68.4 Å². The Balaban J connectivity index is 1.71. The molecule has 1 aliphatic rings. The number of anilines is 3. The Bertz CT molecular complexity index is 846. The van der Waals surface area contributed by atoms with E-state index in [9.17, 15) is 9.59 Å². The van der Waals surface area contributed by atoms with Crippen LogP contribution in [-0.2, 0) is 9.59 Å². The highest BCUT2D eigenvalue weighted by atomic mass is 16.5. The van der Waals surface area contributed by atoms with E-state index < -0.39 is 5.92 Å². The standard InChI is InChI=1S/C21H25N3O3/c1-14-5-10-19(27-4)18(11-14)24-13-15(12-20(24)25)21(26)22-16-6-8-17(9-7-16)23(2)3/h5-11,15H,12-13H2,1-4H3,(H,22,26). The van der Waals surface area contributed by atoms with Crippen LogP contribution >= 0.6 is 0 Å². The summed E-state index contributed by atoms with van der Waals surface area (Å²) in [6.07, 6.45) is 0.193. The third kappa shape index (κ3) is 4.05. The van der Waals surface area contributed by atoms with Gasteiger partial charge in [-0.3, -0.25) is 9.59 Å². The van der Waals surface area contributed by atoms with E-state index in [0.717, 1.165) is 16.9 Å². The molecule has 0 spiro atoms. The lowest BCUT2D eigenvalue weighted by atomic mass is 10.1. The monoisotopic (exact) mass is 367 g/mol. The maximum atomic E-state index is 12.6. The molecule has 2 amide bonds. The average Bonchev–Trinajstić information content (AvgIpc) is 3.04. The number of hydrogen-bond donors (Lipinski definition) is 1. The second kappa shape index (κ2) is 7.70. The molecule has 27 heavy (non-hydrogen) atoms. The predicted molar refractivity (Wildman–Crippen MR) is 108 cm³/mol. The summed E-state index contributed by atoms with van der Waals surface area (Å²) in [5.41, 5.74) is 3.53. The van der Waals surface area contributed by atoms with Gasteiger partial charge in [-0.2, -0.15) is 0 Å². The fourth-order valence-corrected chi connectivity index (χ4v) is 3.21. The number of methoxy groups -OCH3 is 1. The van der Waals surface area contributed by atoms with Crippen molar-refractivity contribution in [2.75, 3.05) is 42.9 Å². The van der Waals surface area contributed by atoms with E-state index in [-0.39, 0.29) is 18.2 Å². The Labute approximate surface area is 159 Å². The van der Waals surface area contributed by atoms with Gasteiger partial charge in [-0.25, -0.2) is 0 Å². The fraction of sp³-hybridized carbons (Fsp3) is 0.333. The molecular weight excluding hydrogens is 342 g/mol. The molecular formula is C21H25N3O3. The van der Waals surface area contributed by atoms with Gasteiger partial charge in [-0.05, 0) is 48.9 Å². The maximum Gasteiger partial charge on any atom is 0.229 e. The molecule has 1 heterocycles. The molecule has 142 valence electrons. The zero-order valence-electron chi connectivity index (χ0n) is 16.2. The lowest BCUT2D eigenvalue weighted by Gasteiger charge is -2.20. The number of carbonyl (C=O) groups is 2. The number of nitrogens with one attached hydrogen (secondary N) is 1. The van der Waals surface area contributed by atoms with E-state index >= 15 is 0 Å². The molecule has 1 aliphatic heterocycles. The minimum atomic E-state index is -0.392. The number of amides is 2. The highest BCUT2D eigenvalue weighted by Gasteiger charge is 2.36. The zero-order valence-corrected chi connectivity index (χ0v) is 16.2. The second-order valence-electron chi connectivity index (χ2n) is 7.01. The summed E-state index contributed by atoms with van der Waals surface area (Å²) in [6, 6.07) is 13.3. The number of nitrogens with zero attached hydrogens (tertiary/aromatic N) is 2. The summed E-state index contributed by atoms with van der Waals surface area (Å²) < 4.78 is 5.38. The van der Waals surface area contributed by atoms with Gasteiger partial charge in [0.25, 0.3) is 0 Å². The first-order valence-corrected chi connectivity index (χ1v) is 8.92. The number of carbonyl (C=O) groups excluding carboxylic acids is 2. The fourth-order valence-electron chi connectivity index (χ4n) is 3.21. The van der Waals surface area contributed by atoms with Crippen LogP contribution in [-0.4, -0.2) is 39.6 Å². The molecule has 0 aromatic heterocycles. The number of hydrogen-bond acceptors (Lipinski definition) is 4. The minimum absolute atomic E-state index is 0.0676. The van der Waals surface area contributed by atoms with Crippen molar-refractivity contribution in [2.45, 2.75) is 13.3 Å². The van der Waals surface area contributed by atoms with Gasteiger partial charge in [-0.1, -0.05) is 6.07 Å². The van der Waals surface area contributed by atoms with Crippen molar-refractivity contribution in [3.05, 3.63) is 48.0 Å². The van der Waals surface area contributed by atoms with Crippen LogP contribution in [0.25, 0.3) is 0 Å². The van der Waals surface area contributed by atoms with Crippen LogP contribution in [0, 0.1) is 12.8 Å². The lowest BCUT2D eigenvalue weighted by molar-refractivity contribution is -0.122. The van der Waals surface area contributed by atoms with Gasteiger partial charge in [-0.15, -0.1) is 0 Å². The smallest absolute Gasteiger partial charge is 0.229 e. The van der Waals surface area contributed by atoms with Crippen LogP contribution in [0.1, 0.15) is 12.0 Å². The van der Waals surface area contributed by atoms with E-state index in [4.69, 9.17) is 4.74 Å². The van der Waals surface area contributed by atoms with Crippen molar-refractivity contribution < 1.29 is 14.3 Å². The quantitative estimate of drug-likeness (QED) is 0.882. The highest BCUT2D eigenvalue weighted by molar-refractivity contribution is 6.04. The van der Waals surface area contributed by atoms with Crippen molar-refractivity contribution in [3.8, 4) is 5.75 Å². The first-order chi connectivity index (χ1) is 12.9. The van der Waals surface area contributed by atoms with Crippen LogP contribution in [0.5, 0.6) is 5.75 Å². The Hall–Kier alpha value is -3.02. The summed E-state index contributed by atoms with van der Waals surface area (Å²) in [4.78, 5) is 28.8. The number of benzene rings is 2. The van der Waals surface area contributed by atoms with Crippen LogP contribution in [0.4, 0.5) is 17.1 Å². The molecule has 1 atom stereocenters. The summed E-state index contributed by atoms with van der Waals surface area (Å²) in [5.74, 6) is 0.0302. The number of aryl methyl sites for hydroxylation is 1. The van der Waals surface area contributed by atoms with Crippen LogP contribution in [0.3, 0.4) is 0 Å². The average molecular weight is 367 g/mol. The number of ether oxygens (including phenoxy) is 1. The molecule has 2 aromatic rings. The summed E-state index contributed by atoms with van der Waals surface area (Å²) >= 11 is 0. The van der Waals surface area contributed by atoms with E-state index in [2.05, 4.69) is 5.32 Å². The molecule has 3 rings (SSSR count). The van der Waals surface area contributed by atoms with E-state index in [1.54, 1.807) is 12.0 Å². The van der Waals surface area contributed by atoms with Crippen molar-refractivity contribution >= 4 is 28.9 Å². The SMILES string of the molecule is COc1ccc(C)cc1N1CC(C(=O)Nc2ccc(N(C)C)cc2)CC1=O. The molecule has 1 fully saturated rings.